The van der Waals surface area contributed by atoms with Crippen LogP contribution in [0.2, 0.25) is 10.0 Å². The van der Waals surface area contributed by atoms with Crippen molar-refractivity contribution in [2.75, 3.05) is 30.3 Å². The SMILES string of the molecule is O=S(=O)(CC1CC1)c1ccc(C(CCO)c2nc3cc(Cl)c(N4CCC(F)(F)CC4)c(Cl)c3[nH]2)cc1. The number of nitrogens with one attached hydrogen (secondary N) is 1. The van der Waals surface area contributed by atoms with Crippen LogP contribution in [0.25, 0.3) is 11.0 Å². The van der Waals surface area contributed by atoms with E-state index in [1.165, 1.54) is 0 Å². The minimum absolute atomic E-state index is 0.106. The van der Waals surface area contributed by atoms with Crippen LogP contribution in [0.15, 0.2) is 35.2 Å². The third-order valence-corrected chi connectivity index (χ3v) is 9.58. The van der Waals surface area contributed by atoms with Gasteiger partial charge in [-0.2, -0.15) is 0 Å². The molecule has 11 heteroatoms. The molecule has 1 saturated heterocycles. The number of rotatable bonds is 8. The largest absolute Gasteiger partial charge is 0.396 e. The van der Waals surface area contributed by atoms with Gasteiger partial charge in [0.1, 0.15) is 5.82 Å². The molecule has 2 aromatic carbocycles. The van der Waals surface area contributed by atoms with Crippen LogP contribution in [0.4, 0.5) is 14.5 Å². The molecule has 2 aliphatic rings. The Labute approximate surface area is 218 Å². The first-order valence-corrected chi connectivity index (χ1v) is 14.4. The second-order valence-electron chi connectivity index (χ2n) is 9.74. The summed E-state index contributed by atoms with van der Waals surface area (Å²) < 4.78 is 52.5. The molecule has 0 bridgehead atoms. The summed E-state index contributed by atoms with van der Waals surface area (Å²) >= 11 is 13.2. The lowest BCUT2D eigenvalue weighted by Gasteiger charge is -2.34. The standard InChI is InChI=1S/C25H27Cl2F2N3O3S/c26-19-13-20-22(21(27)23(19)32-10-8-25(28,29)9-11-32)31-24(30-20)18(7-12-33)16-3-5-17(6-4-16)36(34,35)14-15-1-2-15/h3-6,13,15,18,33H,1-2,7-12,14H2,(H,30,31). The van der Waals surface area contributed by atoms with E-state index in [0.29, 0.717) is 39.0 Å². The van der Waals surface area contributed by atoms with Gasteiger partial charge < -0.3 is 15.0 Å². The van der Waals surface area contributed by atoms with Crippen molar-refractivity contribution >= 4 is 49.8 Å². The van der Waals surface area contributed by atoms with Crippen LogP contribution in [0, 0.1) is 5.92 Å². The van der Waals surface area contributed by atoms with Gasteiger partial charge in [-0.3, -0.25) is 0 Å². The number of hydrogen-bond acceptors (Lipinski definition) is 5. The number of H-pyrrole nitrogens is 1. The summed E-state index contributed by atoms with van der Waals surface area (Å²) in [6.45, 7) is 0.176. The van der Waals surface area contributed by atoms with Crippen LogP contribution in [0.1, 0.15) is 49.4 Å². The van der Waals surface area contributed by atoms with Crippen molar-refractivity contribution in [2.45, 2.75) is 48.8 Å². The Morgan fingerprint density at radius 2 is 1.83 bits per heavy atom. The lowest BCUT2D eigenvalue weighted by molar-refractivity contribution is -0.0220. The number of aliphatic hydroxyl groups excluding tert-OH is 1. The summed E-state index contributed by atoms with van der Waals surface area (Å²) in [6, 6.07) is 8.37. The van der Waals surface area contributed by atoms with Gasteiger partial charge in [-0.15, -0.1) is 0 Å². The molecule has 1 unspecified atom stereocenters. The molecule has 1 saturated carbocycles. The van der Waals surface area contributed by atoms with Crippen LogP contribution in [-0.2, 0) is 9.84 Å². The number of aromatic amines is 1. The number of hydrogen-bond donors (Lipinski definition) is 2. The van der Waals surface area contributed by atoms with Crippen LogP contribution >= 0.6 is 23.2 Å². The molecular formula is C25H27Cl2F2N3O3S. The fourth-order valence-electron chi connectivity index (χ4n) is 4.79. The molecule has 3 aromatic rings. The Bertz CT molecular complexity index is 1370. The average Bonchev–Trinajstić information content (AvgIpc) is 3.53. The smallest absolute Gasteiger partial charge is 0.251 e. The Hall–Kier alpha value is -1.94. The highest BCUT2D eigenvalue weighted by atomic mass is 35.5. The van der Waals surface area contributed by atoms with E-state index < -0.39 is 15.8 Å². The highest BCUT2D eigenvalue weighted by Gasteiger charge is 2.35. The normalized spacial score (nSPS) is 19.1. The number of sulfone groups is 1. The lowest BCUT2D eigenvalue weighted by atomic mass is 9.95. The number of imidazole rings is 1. The van der Waals surface area contributed by atoms with Crippen molar-refractivity contribution in [3.05, 3.63) is 51.8 Å². The monoisotopic (exact) mass is 557 g/mol. The molecule has 194 valence electrons. The molecule has 36 heavy (non-hydrogen) atoms. The van der Waals surface area contributed by atoms with E-state index in [1.54, 1.807) is 35.2 Å². The van der Waals surface area contributed by atoms with E-state index in [1.807, 2.05) is 0 Å². The summed E-state index contributed by atoms with van der Waals surface area (Å²) in [5.41, 5.74) is 2.36. The quantitative estimate of drug-likeness (QED) is 0.365. The molecule has 0 radical (unpaired) electrons. The second-order valence-corrected chi connectivity index (χ2v) is 12.6. The molecule has 0 spiro atoms. The van der Waals surface area contributed by atoms with E-state index in [0.717, 1.165) is 18.4 Å². The van der Waals surface area contributed by atoms with E-state index in [-0.39, 0.29) is 55.0 Å². The first-order valence-electron chi connectivity index (χ1n) is 12.0. The molecule has 6 nitrogen and oxygen atoms in total. The Morgan fingerprint density at radius 1 is 1.17 bits per heavy atom. The summed E-state index contributed by atoms with van der Waals surface area (Å²) in [7, 11) is -3.33. The number of fused-ring (bicyclic) bond motifs is 1. The van der Waals surface area contributed by atoms with Gasteiger partial charge in [0, 0.05) is 38.5 Å². The number of nitrogens with zero attached hydrogens (tertiary/aromatic N) is 2. The van der Waals surface area contributed by atoms with Crippen molar-refractivity contribution < 1.29 is 22.3 Å². The van der Waals surface area contributed by atoms with Gasteiger partial charge in [-0.1, -0.05) is 35.3 Å². The van der Waals surface area contributed by atoms with Crippen molar-refractivity contribution in [1.82, 2.24) is 9.97 Å². The van der Waals surface area contributed by atoms with Crippen LogP contribution in [-0.4, -0.2) is 54.9 Å². The molecule has 5 rings (SSSR count). The topological polar surface area (TPSA) is 86.3 Å². The van der Waals surface area contributed by atoms with E-state index >= 15 is 0 Å². The number of benzene rings is 2. The van der Waals surface area contributed by atoms with E-state index in [2.05, 4.69) is 9.97 Å². The first-order chi connectivity index (χ1) is 17.1. The van der Waals surface area contributed by atoms with Crippen molar-refractivity contribution in [2.24, 2.45) is 5.92 Å². The van der Waals surface area contributed by atoms with E-state index in [9.17, 15) is 22.3 Å². The van der Waals surface area contributed by atoms with Gasteiger partial charge in [0.25, 0.3) is 5.92 Å². The minimum Gasteiger partial charge on any atom is -0.396 e. The summed E-state index contributed by atoms with van der Waals surface area (Å²) in [4.78, 5) is 9.97. The molecule has 2 heterocycles. The number of piperidine rings is 1. The average molecular weight is 558 g/mol. The summed E-state index contributed by atoms with van der Waals surface area (Å²) in [6.07, 6.45) is 1.74. The fraction of sp³-hybridized carbons (Fsp3) is 0.480. The van der Waals surface area contributed by atoms with Crippen molar-refractivity contribution in [1.29, 1.82) is 0 Å². The third kappa shape index (κ3) is 5.21. The molecule has 2 N–H and O–H groups in total. The highest BCUT2D eigenvalue weighted by molar-refractivity contribution is 7.91. The molecule has 2 fully saturated rings. The van der Waals surface area contributed by atoms with Gasteiger partial charge in [0.2, 0.25) is 0 Å². The van der Waals surface area contributed by atoms with Crippen LogP contribution < -0.4 is 4.90 Å². The third-order valence-electron chi connectivity index (χ3n) is 7.02. The van der Waals surface area contributed by atoms with Crippen molar-refractivity contribution in [3.63, 3.8) is 0 Å². The maximum absolute atomic E-state index is 13.7. The minimum atomic E-state index is -3.33. The first kappa shape index (κ1) is 25.7. The molecule has 1 aromatic heterocycles. The van der Waals surface area contributed by atoms with Gasteiger partial charge >= 0.3 is 0 Å². The zero-order chi connectivity index (χ0) is 25.7. The zero-order valence-corrected chi connectivity index (χ0v) is 21.8. The van der Waals surface area contributed by atoms with Gasteiger partial charge in [0.15, 0.2) is 9.84 Å². The molecule has 1 aliphatic heterocycles. The van der Waals surface area contributed by atoms with Gasteiger partial charge in [-0.05, 0) is 48.9 Å². The summed E-state index contributed by atoms with van der Waals surface area (Å²) in [5, 5.41) is 10.4. The molecule has 1 atom stereocenters. The van der Waals surface area contributed by atoms with Crippen LogP contribution in [0.3, 0.4) is 0 Å². The number of aromatic nitrogens is 2. The molecule has 0 amide bonds. The molecular weight excluding hydrogens is 531 g/mol. The maximum atomic E-state index is 13.7. The predicted octanol–water partition coefficient (Wildman–Crippen LogP) is 5.80. The fourth-order valence-corrected chi connectivity index (χ4v) is 7.22. The predicted molar refractivity (Wildman–Crippen MR) is 137 cm³/mol. The zero-order valence-electron chi connectivity index (χ0n) is 19.5. The Morgan fingerprint density at radius 3 is 2.44 bits per heavy atom. The van der Waals surface area contributed by atoms with E-state index in [4.69, 9.17) is 23.2 Å². The lowest BCUT2D eigenvalue weighted by Crippen LogP contribution is -2.39. The maximum Gasteiger partial charge on any atom is 0.251 e. The van der Waals surface area contributed by atoms with Gasteiger partial charge in [0.05, 0.1) is 37.4 Å². The molecule has 1 aliphatic carbocycles. The van der Waals surface area contributed by atoms with Gasteiger partial charge in [-0.25, -0.2) is 22.2 Å². The van der Waals surface area contributed by atoms with Crippen molar-refractivity contribution in [3.8, 4) is 0 Å². The summed E-state index contributed by atoms with van der Waals surface area (Å²) in [5.74, 6) is -2.05. The highest BCUT2D eigenvalue weighted by Crippen LogP contribution is 2.42. The number of alkyl halides is 2. The number of halogens is 4. The Kier molecular flexibility index (Phi) is 6.95. The van der Waals surface area contributed by atoms with Crippen LogP contribution in [0.5, 0.6) is 0 Å². The Balaban J connectivity index is 1.46. The second kappa shape index (κ2) is 9.74. The number of aliphatic hydroxyl groups is 1. The number of anilines is 1.